The second kappa shape index (κ2) is 6.08. The number of aromatic nitrogens is 2. The predicted octanol–water partition coefficient (Wildman–Crippen LogP) is 2.59. The standard InChI is InChI=1S/C14H18ClN3O/c1-16-12(9-14-17-6-7-18(14)2)11-5-4-10(15)8-13(11)19-3/h4-8,12,16H,9H2,1-3H3. The molecule has 1 N–H and O–H groups in total. The Hall–Kier alpha value is -1.52. The molecule has 1 heterocycles. The summed E-state index contributed by atoms with van der Waals surface area (Å²) in [5.74, 6) is 1.82. The van der Waals surface area contributed by atoms with Crippen LogP contribution in [0.25, 0.3) is 0 Å². The van der Waals surface area contributed by atoms with Crippen LogP contribution in [0.15, 0.2) is 30.6 Å². The number of likely N-dealkylation sites (N-methyl/N-ethyl adjacent to an activating group) is 1. The zero-order chi connectivity index (χ0) is 13.8. The lowest BCUT2D eigenvalue weighted by Gasteiger charge is -2.19. The first-order valence-corrected chi connectivity index (χ1v) is 6.50. The van der Waals surface area contributed by atoms with Crippen LogP contribution < -0.4 is 10.1 Å². The zero-order valence-corrected chi connectivity index (χ0v) is 12.1. The summed E-state index contributed by atoms with van der Waals surface area (Å²) in [5.41, 5.74) is 1.08. The van der Waals surface area contributed by atoms with Gasteiger partial charge in [0.1, 0.15) is 11.6 Å². The van der Waals surface area contributed by atoms with Gasteiger partial charge in [0.15, 0.2) is 0 Å². The number of hydrogen-bond acceptors (Lipinski definition) is 3. The van der Waals surface area contributed by atoms with Crippen molar-refractivity contribution >= 4 is 11.6 Å². The molecule has 5 heteroatoms. The minimum atomic E-state index is 0.133. The fourth-order valence-corrected chi connectivity index (χ4v) is 2.28. The van der Waals surface area contributed by atoms with Crippen molar-refractivity contribution in [3.63, 3.8) is 0 Å². The molecule has 1 unspecified atom stereocenters. The number of hydrogen-bond donors (Lipinski definition) is 1. The normalized spacial score (nSPS) is 12.4. The van der Waals surface area contributed by atoms with E-state index in [9.17, 15) is 0 Å². The van der Waals surface area contributed by atoms with Gasteiger partial charge in [0, 0.05) is 42.5 Å². The van der Waals surface area contributed by atoms with E-state index in [0.717, 1.165) is 23.6 Å². The number of aryl methyl sites for hydroxylation is 1. The largest absolute Gasteiger partial charge is 0.496 e. The van der Waals surface area contributed by atoms with Crippen LogP contribution in [0.3, 0.4) is 0 Å². The maximum atomic E-state index is 5.99. The smallest absolute Gasteiger partial charge is 0.125 e. The van der Waals surface area contributed by atoms with Crippen molar-refractivity contribution in [2.45, 2.75) is 12.5 Å². The van der Waals surface area contributed by atoms with Gasteiger partial charge in [-0.3, -0.25) is 0 Å². The molecule has 0 aliphatic rings. The molecular weight excluding hydrogens is 262 g/mol. The number of benzene rings is 1. The number of methoxy groups -OCH3 is 1. The first-order chi connectivity index (χ1) is 9.15. The molecule has 1 aromatic carbocycles. The SMILES string of the molecule is CNC(Cc1nccn1C)c1ccc(Cl)cc1OC. The summed E-state index contributed by atoms with van der Waals surface area (Å²) in [6.07, 6.45) is 4.54. The Kier molecular flexibility index (Phi) is 4.45. The molecule has 0 bridgehead atoms. The number of ether oxygens (including phenoxy) is 1. The Morgan fingerprint density at radius 2 is 2.26 bits per heavy atom. The average Bonchev–Trinajstić information content (AvgIpc) is 2.81. The highest BCUT2D eigenvalue weighted by Gasteiger charge is 2.17. The maximum absolute atomic E-state index is 5.99. The minimum absolute atomic E-state index is 0.133. The minimum Gasteiger partial charge on any atom is -0.496 e. The summed E-state index contributed by atoms with van der Waals surface area (Å²) in [6.45, 7) is 0. The van der Waals surface area contributed by atoms with Crippen molar-refractivity contribution in [1.29, 1.82) is 0 Å². The second-order valence-corrected chi connectivity index (χ2v) is 4.82. The number of rotatable bonds is 5. The molecule has 19 heavy (non-hydrogen) atoms. The van der Waals surface area contributed by atoms with Crippen LogP contribution in [-0.4, -0.2) is 23.7 Å². The van der Waals surface area contributed by atoms with Crippen molar-refractivity contribution in [2.24, 2.45) is 7.05 Å². The highest BCUT2D eigenvalue weighted by molar-refractivity contribution is 6.30. The molecule has 2 aromatic rings. The molecule has 1 aromatic heterocycles. The summed E-state index contributed by atoms with van der Waals surface area (Å²) < 4.78 is 7.43. The van der Waals surface area contributed by atoms with Crippen molar-refractivity contribution < 1.29 is 4.74 Å². The van der Waals surface area contributed by atoms with Gasteiger partial charge in [-0.25, -0.2) is 4.98 Å². The lowest BCUT2D eigenvalue weighted by molar-refractivity contribution is 0.400. The summed E-state index contributed by atoms with van der Waals surface area (Å²) in [5, 5.41) is 3.98. The monoisotopic (exact) mass is 279 g/mol. The first kappa shape index (κ1) is 13.9. The van der Waals surface area contributed by atoms with E-state index in [-0.39, 0.29) is 6.04 Å². The van der Waals surface area contributed by atoms with Gasteiger partial charge in [-0.05, 0) is 19.2 Å². The quantitative estimate of drug-likeness (QED) is 0.914. The van der Waals surface area contributed by atoms with Crippen molar-refractivity contribution in [1.82, 2.24) is 14.9 Å². The number of halogens is 1. The molecule has 0 radical (unpaired) electrons. The molecule has 4 nitrogen and oxygen atoms in total. The van der Waals surface area contributed by atoms with Crippen LogP contribution in [0.1, 0.15) is 17.4 Å². The average molecular weight is 280 g/mol. The van der Waals surface area contributed by atoms with Crippen LogP contribution in [0.2, 0.25) is 5.02 Å². The number of imidazole rings is 1. The van der Waals surface area contributed by atoms with Crippen LogP contribution in [-0.2, 0) is 13.5 Å². The van der Waals surface area contributed by atoms with Crippen LogP contribution in [0.5, 0.6) is 5.75 Å². The van der Waals surface area contributed by atoms with Gasteiger partial charge >= 0.3 is 0 Å². The predicted molar refractivity (Wildman–Crippen MR) is 76.7 cm³/mol. The fraction of sp³-hybridized carbons (Fsp3) is 0.357. The van der Waals surface area contributed by atoms with Gasteiger partial charge in [0.25, 0.3) is 0 Å². The molecule has 0 spiro atoms. The topological polar surface area (TPSA) is 39.1 Å². The molecule has 2 rings (SSSR count). The van der Waals surface area contributed by atoms with E-state index in [1.54, 1.807) is 13.3 Å². The first-order valence-electron chi connectivity index (χ1n) is 6.12. The molecule has 0 aliphatic heterocycles. The molecule has 1 atom stereocenters. The van der Waals surface area contributed by atoms with Gasteiger partial charge < -0.3 is 14.6 Å². The van der Waals surface area contributed by atoms with Gasteiger partial charge in [-0.2, -0.15) is 0 Å². The molecular formula is C14H18ClN3O. The number of nitrogens with one attached hydrogen (secondary N) is 1. The Morgan fingerprint density at radius 1 is 1.47 bits per heavy atom. The highest BCUT2D eigenvalue weighted by Crippen LogP contribution is 2.29. The Labute approximate surface area is 118 Å². The van der Waals surface area contributed by atoms with E-state index in [1.165, 1.54) is 0 Å². The van der Waals surface area contributed by atoms with Crippen molar-refractivity contribution in [3.05, 3.63) is 47.0 Å². The third-order valence-corrected chi connectivity index (χ3v) is 3.46. The van der Waals surface area contributed by atoms with Gasteiger partial charge in [-0.1, -0.05) is 17.7 Å². The molecule has 0 fully saturated rings. The summed E-state index contributed by atoms with van der Waals surface area (Å²) in [6, 6.07) is 5.83. The third kappa shape index (κ3) is 3.08. The Balaban J connectivity index is 2.29. The van der Waals surface area contributed by atoms with E-state index in [2.05, 4.69) is 10.3 Å². The van der Waals surface area contributed by atoms with Crippen molar-refractivity contribution in [3.8, 4) is 5.75 Å². The van der Waals surface area contributed by atoms with E-state index in [0.29, 0.717) is 5.02 Å². The Bertz CT molecular complexity index is 553. The van der Waals surface area contributed by atoms with Crippen LogP contribution in [0, 0.1) is 0 Å². The van der Waals surface area contributed by atoms with E-state index in [1.807, 2.05) is 43.1 Å². The van der Waals surface area contributed by atoms with Crippen LogP contribution in [0.4, 0.5) is 0 Å². The molecule has 0 saturated carbocycles. The van der Waals surface area contributed by atoms with Gasteiger partial charge in [-0.15, -0.1) is 0 Å². The number of nitrogens with zero attached hydrogens (tertiary/aromatic N) is 2. The van der Waals surface area contributed by atoms with Gasteiger partial charge in [0.05, 0.1) is 7.11 Å². The molecule has 0 amide bonds. The highest BCUT2D eigenvalue weighted by atomic mass is 35.5. The Morgan fingerprint density at radius 3 is 2.84 bits per heavy atom. The lowest BCUT2D eigenvalue weighted by atomic mass is 10.0. The third-order valence-electron chi connectivity index (χ3n) is 3.23. The maximum Gasteiger partial charge on any atom is 0.125 e. The summed E-state index contributed by atoms with van der Waals surface area (Å²) in [7, 11) is 5.58. The summed E-state index contributed by atoms with van der Waals surface area (Å²) >= 11 is 5.99. The lowest BCUT2D eigenvalue weighted by Crippen LogP contribution is -2.21. The summed E-state index contributed by atoms with van der Waals surface area (Å²) in [4.78, 5) is 4.36. The van der Waals surface area contributed by atoms with E-state index >= 15 is 0 Å². The molecule has 102 valence electrons. The van der Waals surface area contributed by atoms with E-state index in [4.69, 9.17) is 16.3 Å². The zero-order valence-electron chi connectivity index (χ0n) is 11.4. The van der Waals surface area contributed by atoms with Crippen molar-refractivity contribution in [2.75, 3.05) is 14.2 Å². The molecule has 0 saturated heterocycles. The fourth-order valence-electron chi connectivity index (χ4n) is 2.12. The molecule has 0 aliphatic carbocycles. The van der Waals surface area contributed by atoms with Gasteiger partial charge in [0.2, 0.25) is 0 Å². The van der Waals surface area contributed by atoms with E-state index < -0.39 is 0 Å². The second-order valence-electron chi connectivity index (χ2n) is 4.39. The van der Waals surface area contributed by atoms with Crippen LogP contribution >= 0.6 is 11.6 Å².